The second kappa shape index (κ2) is 9.84. The zero-order valence-electron chi connectivity index (χ0n) is 17.4. The predicted octanol–water partition coefficient (Wildman–Crippen LogP) is 6.03. The third kappa shape index (κ3) is 5.00. The maximum absolute atomic E-state index is 12.9. The van der Waals surface area contributed by atoms with Crippen LogP contribution in [0.25, 0.3) is 6.08 Å². The molecule has 1 aliphatic heterocycles. The number of carbonyl (C=O) groups excluding carboxylic acids is 1. The highest BCUT2D eigenvalue weighted by molar-refractivity contribution is 9.10. The molecule has 31 heavy (non-hydrogen) atoms. The van der Waals surface area contributed by atoms with Crippen LogP contribution in [0.2, 0.25) is 0 Å². The molecule has 158 valence electrons. The van der Waals surface area contributed by atoms with Crippen LogP contribution < -0.4 is 14.4 Å². The second-order valence-electron chi connectivity index (χ2n) is 7.36. The molecule has 4 nitrogen and oxygen atoms in total. The number of hydrogen-bond acceptors (Lipinski definition) is 3. The fourth-order valence-corrected chi connectivity index (χ4v) is 4.30. The van der Waals surface area contributed by atoms with Gasteiger partial charge in [-0.3, -0.25) is 4.79 Å². The lowest BCUT2D eigenvalue weighted by molar-refractivity contribution is -0.114. The van der Waals surface area contributed by atoms with Gasteiger partial charge in [0.2, 0.25) is 0 Å². The van der Waals surface area contributed by atoms with Gasteiger partial charge in [0.25, 0.3) is 5.91 Å². The minimum absolute atomic E-state index is 0.0216. The Balaban J connectivity index is 1.50. The van der Waals surface area contributed by atoms with Crippen LogP contribution in [0.1, 0.15) is 23.1 Å². The van der Waals surface area contributed by atoms with Crippen molar-refractivity contribution in [3.05, 3.63) is 94.0 Å². The van der Waals surface area contributed by atoms with Crippen LogP contribution in [0.4, 0.5) is 5.69 Å². The van der Waals surface area contributed by atoms with E-state index in [1.165, 1.54) is 5.56 Å². The number of amides is 1. The number of anilines is 1. The van der Waals surface area contributed by atoms with Gasteiger partial charge in [0.15, 0.2) is 11.5 Å². The number of hydrogen-bond donors (Lipinski definition) is 0. The van der Waals surface area contributed by atoms with Crippen molar-refractivity contribution in [2.75, 3.05) is 18.6 Å². The largest absolute Gasteiger partial charge is 0.493 e. The van der Waals surface area contributed by atoms with Gasteiger partial charge in [0.05, 0.1) is 11.6 Å². The van der Waals surface area contributed by atoms with E-state index in [0.717, 1.165) is 40.7 Å². The average molecular weight is 478 g/mol. The zero-order chi connectivity index (χ0) is 21.6. The lowest BCUT2D eigenvalue weighted by atomic mass is 10.0. The molecule has 3 aromatic carbocycles. The Morgan fingerprint density at radius 1 is 1.10 bits per heavy atom. The first-order valence-corrected chi connectivity index (χ1v) is 11.1. The number of rotatable bonds is 6. The van der Waals surface area contributed by atoms with Gasteiger partial charge in [-0.15, -0.1) is 0 Å². The first-order valence-electron chi connectivity index (χ1n) is 10.3. The maximum atomic E-state index is 12.9. The number of benzene rings is 3. The highest BCUT2D eigenvalue weighted by Crippen LogP contribution is 2.37. The molecule has 1 amide bonds. The van der Waals surface area contributed by atoms with Gasteiger partial charge in [0, 0.05) is 18.3 Å². The fraction of sp³-hybridized carbons (Fsp3) is 0.192. The topological polar surface area (TPSA) is 38.8 Å². The first-order chi connectivity index (χ1) is 15.2. The molecule has 0 spiro atoms. The van der Waals surface area contributed by atoms with Crippen LogP contribution >= 0.6 is 15.9 Å². The molecule has 0 fully saturated rings. The Labute approximate surface area is 191 Å². The molecular weight excluding hydrogens is 454 g/mol. The zero-order valence-corrected chi connectivity index (χ0v) is 19.0. The Hall–Kier alpha value is -3.05. The molecule has 1 heterocycles. The van der Waals surface area contributed by atoms with Crippen molar-refractivity contribution >= 4 is 33.6 Å². The Morgan fingerprint density at radius 2 is 1.87 bits per heavy atom. The van der Waals surface area contributed by atoms with Crippen LogP contribution in [0.5, 0.6) is 11.5 Å². The summed E-state index contributed by atoms with van der Waals surface area (Å²) >= 11 is 3.58. The normalized spacial score (nSPS) is 13.2. The monoisotopic (exact) mass is 477 g/mol. The van der Waals surface area contributed by atoms with Gasteiger partial charge in [-0.05, 0) is 69.7 Å². The van der Waals surface area contributed by atoms with E-state index < -0.39 is 0 Å². The summed E-state index contributed by atoms with van der Waals surface area (Å²) in [6.07, 6.45) is 5.42. The number of para-hydroxylation sites is 1. The molecule has 0 saturated heterocycles. The predicted molar refractivity (Wildman–Crippen MR) is 128 cm³/mol. The van der Waals surface area contributed by atoms with E-state index in [0.29, 0.717) is 18.1 Å². The van der Waals surface area contributed by atoms with E-state index in [1.807, 2.05) is 71.6 Å². The maximum Gasteiger partial charge on any atom is 0.250 e. The SMILES string of the molecule is COc1cc(/C=C/C(=O)N2CCCc3ccccc32)cc(Br)c1OCc1ccccc1. The van der Waals surface area contributed by atoms with Crippen LogP contribution in [-0.4, -0.2) is 19.6 Å². The lowest BCUT2D eigenvalue weighted by Gasteiger charge is -2.28. The first kappa shape index (κ1) is 21.2. The standard InChI is InChI=1S/C26H24BrNO3/c1-30-24-17-20(16-22(27)26(24)31-18-19-8-3-2-4-9-19)13-14-25(29)28-15-7-11-21-10-5-6-12-23(21)28/h2-6,8-10,12-14,16-17H,7,11,15,18H2,1H3/b14-13+. The second-order valence-corrected chi connectivity index (χ2v) is 8.22. The summed E-state index contributed by atoms with van der Waals surface area (Å²) < 4.78 is 12.3. The average Bonchev–Trinajstić information content (AvgIpc) is 2.81. The molecule has 0 bridgehead atoms. The number of halogens is 1. The molecule has 0 unspecified atom stereocenters. The van der Waals surface area contributed by atoms with E-state index in [9.17, 15) is 4.79 Å². The van der Waals surface area contributed by atoms with E-state index >= 15 is 0 Å². The van der Waals surface area contributed by atoms with Crippen molar-refractivity contribution in [3.63, 3.8) is 0 Å². The summed E-state index contributed by atoms with van der Waals surface area (Å²) in [7, 11) is 1.61. The van der Waals surface area contributed by atoms with E-state index in [-0.39, 0.29) is 5.91 Å². The highest BCUT2D eigenvalue weighted by atomic mass is 79.9. The van der Waals surface area contributed by atoms with Crippen LogP contribution in [0, 0.1) is 0 Å². The van der Waals surface area contributed by atoms with Gasteiger partial charge in [-0.1, -0.05) is 48.5 Å². The summed E-state index contributed by atoms with van der Waals surface area (Å²) in [5.41, 5.74) is 4.16. The molecule has 0 radical (unpaired) electrons. The van der Waals surface area contributed by atoms with Crippen molar-refractivity contribution < 1.29 is 14.3 Å². The van der Waals surface area contributed by atoms with Crippen molar-refractivity contribution in [3.8, 4) is 11.5 Å². The van der Waals surface area contributed by atoms with Crippen molar-refractivity contribution in [2.45, 2.75) is 19.4 Å². The van der Waals surface area contributed by atoms with Gasteiger partial charge >= 0.3 is 0 Å². The summed E-state index contributed by atoms with van der Waals surface area (Å²) in [4.78, 5) is 14.7. The Bertz CT molecular complexity index is 1100. The van der Waals surface area contributed by atoms with Crippen molar-refractivity contribution in [1.29, 1.82) is 0 Å². The minimum Gasteiger partial charge on any atom is -0.493 e. The molecule has 0 atom stereocenters. The summed E-state index contributed by atoms with van der Waals surface area (Å²) in [5.74, 6) is 1.23. The molecule has 0 aliphatic carbocycles. The number of fused-ring (bicyclic) bond motifs is 1. The third-order valence-electron chi connectivity index (χ3n) is 5.27. The van der Waals surface area contributed by atoms with Gasteiger partial charge in [-0.2, -0.15) is 0 Å². The van der Waals surface area contributed by atoms with Gasteiger partial charge in [0.1, 0.15) is 6.61 Å². The molecular formula is C26H24BrNO3. The number of ether oxygens (including phenoxy) is 2. The molecule has 1 aliphatic rings. The van der Waals surface area contributed by atoms with Crippen LogP contribution in [0.3, 0.4) is 0 Å². The smallest absolute Gasteiger partial charge is 0.250 e. The quantitative estimate of drug-likeness (QED) is 0.406. The van der Waals surface area contributed by atoms with E-state index in [2.05, 4.69) is 22.0 Å². The number of aryl methyl sites for hydroxylation is 1. The van der Waals surface area contributed by atoms with Crippen LogP contribution in [0.15, 0.2) is 77.3 Å². The van der Waals surface area contributed by atoms with Crippen LogP contribution in [-0.2, 0) is 17.8 Å². The summed E-state index contributed by atoms with van der Waals surface area (Å²) in [6, 6.07) is 21.9. The third-order valence-corrected chi connectivity index (χ3v) is 5.86. The van der Waals surface area contributed by atoms with Gasteiger partial charge in [-0.25, -0.2) is 0 Å². The molecule has 5 heteroatoms. The molecule has 0 aromatic heterocycles. The van der Waals surface area contributed by atoms with Crippen molar-refractivity contribution in [1.82, 2.24) is 0 Å². The fourth-order valence-electron chi connectivity index (χ4n) is 3.73. The lowest BCUT2D eigenvalue weighted by Crippen LogP contribution is -2.34. The molecule has 0 saturated carbocycles. The molecule has 0 N–H and O–H groups in total. The highest BCUT2D eigenvalue weighted by Gasteiger charge is 2.20. The Kier molecular flexibility index (Phi) is 6.73. The molecule has 4 rings (SSSR count). The van der Waals surface area contributed by atoms with Crippen molar-refractivity contribution in [2.24, 2.45) is 0 Å². The van der Waals surface area contributed by atoms with Gasteiger partial charge < -0.3 is 14.4 Å². The number of methoxy groups -OCH3 is 1. The summed E-state index contributed by atoms with van der Waals surface area (Å²) in [5, 5.41) is 0. The van der Waals surface area contributed by atoms with E-state index in [1.54, 1.807) is 13.2 Å². The summed E-state index contributed by atoms with van der Waals surface area (Å²) in [6.45, 7) is 1.18. The van der Waals surface area contributed by atoms with E-state index in [4.69, 9.17) is 9.47 Å². The number of carbonyl (C=O) groups is 1. The number of nitrogens with zero attached hydrogens (tertiary/aromatic N) is 1. The minimum atomic E-state index is -0.0216. The molecule has 3 aromatic rings. The Morgan fingerprint density at radius 3 is 2.68 bits per heavy atom.